The number of ether oxygens (including phenoxy) is 1. The standard InChI is InChI=1S/C24H22N2O5/c1-16-8-10-19(11-9-16)25-22(27)15-31-24(29)20-13-17-5-2-3-6-18(17)14-26(20)23(28)21-7-4-12-30-21/h2-12,20H,13-15H2,1H3,(H,25,27)/t20-/m0/s1. The van der Waals surface area contributed by atoms with Crippen LogP contribution in [0.4, 0.5) is 5.69 Å². The number of fused-ring (bicyclic) bond motifs is 1. The monoisotopic (exact) mass is 418 g/mol. The van der Waals surface area contributed by atoms with Crippen molar-refractivity contribution in [3.63, 3.8) is 0 Å². The molecule has 1 atom stereocenters. The Kier molecular flexibility index (Phi) is 5.84. The molecule has 0 fully saturated rings. The van der Waals surface area contributed by atoms with Gasteiger partial charge < -0.3 is 19.4 Å². The molecule has 3 aromatic rings. The Labute approximate surface area is 179 Å². The number of hydrogen-bond donors (Lipinski definition) is 1. The molecule has 0 saturated carbocycles. The molecule has 1 aromatic heterocycles. The molecular weight excluding hydrogens is 396 g/mol. The molecule has 0 radical (unpaired) electrons. The summed E-state index contributed by atoms with van der Waals surface area (Å²) in [5.74, 6) is -1.33. The Morgan fingerprint density at radius 1 is 1.03 bits per heavy atom. The molecule has 2 heterocycles. The maximum atomic E-state index is 12.9. The molecule has 0 spiro atoms. The molecule has 4 rings (SSSR count). The Morgan fingerprint density at radius 3 is 2.48 bits per heavy atom. The number of nitrogens with zero attached hydrogens (tertiary/aromatic N) is 1. The lowest BCUT2D eigenvalue weighted by Gasteiger charge is -2.34. The number of amides is 2. The zero-order valence-electron chi connectivity index (χ0n) is 17.0. The van der Waals surface area contributed by atoms with E-state index in [0.29, 0.717) is 12.1 Å². The number of esters is 1. The normalized spacial score (nSPS) is 15.1. The number of aryl methyl sites for hydroxylation is 1. The van der Waals surface area contributed by atoms with Gasteiger partial charge in [0.15, 0.2) is 12.4 Å². The Morgan fingerprint density at radius 2 is 1.77 bits per heavy atom. The number of furan rings is 1. The van der Waals surface area contributed by atoms with E-state index in [2.05, 4.69) is 5.32 Å². The van der Waals surface area contributed by atoms with Gasteiger partial charge in [-0.25, -0.2) is 4.79 Å². The van der Waals surface area contributed by atoms with Crippen molar-refractivity contribution in [3.05, 3.63) is 89.4 Å². The fourth-order valence-electron chi connectivity index (χ4n) is 3.56. The van der Waals surface area contributed by atoms with E-state index in [4.69, 9.17) is 9.15 Å². The molecule has 1 aliphatic heterocycles. The fourth-order valence-corrected chi connectivity index (χ4v) is 3.56. The highest BCUT2D eigenvalue weighted by Gasteiger charge is 2.37. The summed E-state index contributed by atoms with van der Waals surface area (Å²) in [6, 6.07) is 17.3. The quantitative estimate of drug-likeness (QED) is 0.642. The third kappa shape index (κ3) is 4.66. The summed E-state index contributed by atoms with van der Waals surface area (Å²) < 4.78 is 10.5. The van der Waals surface area contributed by atoms with Gasteiger partial charge >= 0.3 is 5.97 Å². The van der Waals surface area contributed by atoms with Crippen LogP contribution in [-0.4, -0.2) is 35.3 Å². The average Bonchev–Trinajstić information content (AvgIpc) is 3.32. The topological polar surface area (TPSA) is 88.9 Å². The zero-order chi connectivity index (χ0) is 21.8. The third-order valence-corrected chi connectivity index (χ3v) is 5.19. The van der Waals surface area contributed by atoms with E-state index in [9.17, 15) is 14.4 Å². The second-order valence-electron chi connectivity index (χ2n) is 7.42. The van der Waals surface area contributed by atoms with Gasteiger partial charge in [0.1, 0.15) is 6.04 Å². The average molecular weight is 418 g/mol. The van der Waals surface area contributed by atoms with Crippen molar-refractivity contribution in [1.82, 2.24) is 4.90 Å². The molecule has 0 saturated heterocycles. The lowest BCUT2D eigenvalue weighted by atomic mass is 9.93. The molecule has 31 heavy (non-hydrogen) atoms. The van der Waals surface area contributed by atoms with Gasteiger partial charge in [-0.1, -0.05) is 42.0 Å². The second-order valence-corrected chi connectivity index (χ2v) is 7.42. The van der Waals surface area contributed by atoms with E-state index < -0.39 is 30.4 Å². The maximum absolute atomic E-state index is 12.9. The van der Waals surface area contributed by atoms with E-state index in [0.717, 1.165) is 16.7 Å². The minimum atomic E-state index is -0.848. The van der Waals surface area contributed by atoms with Crippen LogP contribution in [0.2, 0.25) is 0 Å². The fraction of sp³-hybridized carbons (Fsp3) is 0.208. The van der Waals surface area contributed by atoms with E-state index in [-0.39, 0.29) is 12.3 Å². The van der Waals surface area contributed by atoms with Crippen molar-refractivity contribution in [2.24, 2.45) is 0 Å². The molecule has 0 unspecified atom stereocenters. The Hall–Kier alpha value is -3.87. The van der Waals surface area contributed by atoms with Crippen LogP contribution in [0.1, 0.15) is 27.2 Å². The van der Waals surface area contributed by atoms with Gasteiger partial charge in [0.25, 0.3) is 11.8 Å². The van der Waals surface area contributed by atoms with Gasteiger partial charge in [-0.2, -0.15) is 0 Å². The first kappa shape index (κ1) is 20.4. The van der Waals surface area contributed by atoms with Gasteiger partial charge in [-0.15, -0.1) is 0 Å². The first-order chi connectivity index (χ1) is 15.0. The molecular formula is C24H22N2O5. The van der Waals surface area contributed by atoms with Crippen LogP contribution in [0, 0.1) is 6.92 Å². The molecule has 2 aromatic carbocycles. The molecule has 7 nitrogen and oxygen atoms in total. The zero-order valence-corrected chi connectivity index (χ0v) is 17.0. The van der Waals surface area contributed by atoms with Crippen molar-refractivity contribution in [1.29, 1.82) is 0 Å². The highest BCUT2D eigenvalue weighted by molar-refractivity contribution is 5.96. The highest BCUT2D eigenvalue weighted by Crippen LogP contribution is 2.26. The molecule has 7 heteroatoms. The number of hydrogen-bond acceptors (Lipinski definition) is 5. The van der Waals surface area contributed by atoms with Crippen LogP contribution < -0.4 is 5.32 Å². The lowest BCUT2D eigenvalue weighted by molar-refractivity contribution is -0.152. The maximum Gasteiger partial charge on any atom is 0.329 e. The predicted octanol–water partition coefficient (Wildman–Crippen LogP) is 3.34. The number of carbonyl (C=O) groups excluding carboxylic acids is 3. The van der Waals surface area contributed by atoms with Crippen LogP contribution in [0.25, 0.3) is 0 Å². The third-order valence-electron chi connectivity index (χ3n) is 5.19. The van der Waals surface area contributed by atoms with Gasteiger partial charge in [0.2, 0.25) is 0 Å². The van der Waals surface area contributed by atoms with E-state index in [1.165, 1.54) is 11.2 Å². The summed E-state index contributed by atoms with van der Waals surface area (Å²) in [5, 5.41) is 2.69. The number of nitrogens with one attached hydrogen (secondary N) is 1. The van der Waals surface area contributed by atoms with E-state index in [1.54, 1.807) is 24.3 Å². The minimum absolute atomic E-state index is 0.147. The van der Waals surface area contributed by atoms with Crippen molar-refractivity contribution < 1.29 is 23.5 Å². The largest absolute Gasteiger partial charge is 0.459 e. The van der Waals surface area contributed by atoms with Crippen LogP contribution in [-0.2, 0) is 27.3 Å². The van der Waals surface area contributed by atoms with Crippen LogP contribution in [0.15, 0.2) is 71.3 Å². The van der Waals surface area contributed by atoms with Gasteiger partial charge in [0, 0.05) is 18.7 Å². The summed E-state index contributed by atoms with van der Waals surface area (Å²) in [5.41, 5.74) is 3.62. The molecule has 1 N–H and O–H groups in total. The predicted molar refractivity (Wildman–Crippen MR) is 113 cm³/mol. The summed E-state index contributed by atoms with van der Waals surface area (Å²) in [6.45, 7) is 1.77. The van der Waals surface area contributed by atoms with Crippen molar-refractivity contribution >= 4 is 23.5 Å². The van der Waals surface area contributed by atoms with Crippen molar-refractivity contribution in [2.45, 2.75) is 25.9 Å². The molecule has 0 aliphatic carbocycles. The van der Waals surface area contributed by atoms with Gasteiger partial charge in [-0.05, 0) is 42.3 Å². The van der Waals surface area contributed by atoms with Crippen molar-refractivity contribution in [2.75, 3.05) is 11.9 Å². The Bertz CT molecular complexity index is 1090. The van der Waals surface area contributed by atoms with Crippen LogP contribution in [0.3, 0.4) is 0 Å². The Balaban J connectivity index is 1.45. The number of benzene rings is 2. The summed E-state index contributed by atoms with van der Waals surface area (Å²) in [6.07, 6.45) is 1.72. The number of rotatable bonds is 5. The lowest BCUT2D eigenvalue weighted by Crippen LogP contribution is -2.49. The van der Waals surface area contributed by atoms with E-state index in [1.807, 2.05) is 43.3 Å². The van der Waals surface area contributed by atoms with Crippen molar-refractivity contribution in [3.8, 4) is 0 Å². The van der Waals surface area contributed by atoms with Crippen LogP contribution >= 0.6 is 0 Å². The number of carbonyl (C=O) groups is 3. The summed E-state index contributed by atoms with van der Waals surface area (Å²) in [7, 11) is 0. The van der Waals surface area contributed by atoms with Gasteiger partial charge in [-0.3, -0.25) is 9.59 Å². The molecule has 158 valence electrons. The smallest absolute Gasteiger partial charge is 0.329 e. The first-order valence-corrected chi connectivity index (χ1v) is 9.95. The molecule has 0 bridgehead atoms. The van der Waals surface area contributed by atoms with Gasteiger partial charge in [0.05, 0.1) is 6.26 Å². The SMILES string of the molecule is Cc1ccc(NC(=O)COC(=O)[C@@H]2Cc3ccccc3CN2C(=O)c2ccco2)cc1. The molecule has 2 amide bonds. The summed E-state index contributed by atoms with van der Waals surface area (Å²) >= 11 is 0. The molecule has 1 aliphatic rings. The van der Waals surface area contributed by atoms with Crippen LogP contribution in [0.5, 0.6) is 0 Å². The van der Waals surface area contributed by atoms with E-state index >= 15 is 0 Å². The minimum Gasteiger partial charge on any atom is -0.459 e. The highest BCUT2D eigenvalue weighted by atomic mass is 16.5. The second kappa shape index (κ2) is 8.87. The summed E-state index contributed by atoms with van der Waals surface area (Å²) in [4.78, 5) is 39.4. The first-order valence-electron chi connectivity index (χ1n) is 9.95. The number of anilines is 1.